The van der Waals surface area contributed by atoms with Crippen LogP contribution < -0.4 is 5.32 Å². The monoisotopic (exact) mass is 239 g/mol. The number of furan rings is 1. The maximum absolute atomic E-state index is 11.0. The minimum Gasteiger partial charge on any atom is -0.480 e. The Hall–Kier alpha value is -1.29. The normalized spacial score (nSPS) is 14.5. The molecule has 0 amide bonds. The van der Waals surface area contributed by atoms with E-state index in [1.54, 1.807) is 6.26 Å². The van der Waals surface area contributed by atoms with Crippen LogP contribution in [0.15, 0.2) is 22.8 Å². The number of rotatable bonds is 8. The van der Waals surface area contributed by atoms with Crippen LogP contribution in [0.2, 0.25) is 0 Å². The van der Waals surface area contributed by atoms with Crippen molar-refractivity contribution in [2.75, 3.05) is 0 Å². The minimum absolute atomic E-state index is 0.174. The number of carboxylic acids is 1. The van der Waals surface area contributed by atoms with Crippen molar-refractivity contribution in [3.8, 4) is 0 Å². The van der Waals surface area contributed by atoms with E-state index in [0.29, 0.717) is 6.42 Å². The predicted octanol–water partition coefficient (Wildman–Crippen LogP) is 2.44. The molecular weight excluding hydrogens is 218 g/mol. The van der Waals surface area contributed by atoms with Gasteiger partial charge >= 0.3 is 5.97 Å². The van der Waals surface area contributed by atoms with E-state index in [1.807, 2.05) is 26.0 Å². The highest BCUT2D eigenvalue weighted by Crippen LogP contribution is 2.07. The Kier molecular flexibility index (Phi) is 5.77. The molecule has 2 unspecified atom stereocenters. The van der Waals surface area contributed by atoms with E-state index in [4.69, 9.17) is 9.52 Å². The molecule has 0 saturated carbocycles. The van der Waals surface area contributed by atoms with Gasteiger partial charge in [-0.1, -0.05) is 13.3 Å². The zero-order valence-corrected chi connectivity index (χ0v) is 10.5. The molecule has 0 spiro atoms. The second-order valence-electron chi connectivity index (χ2n) is 4.37. The van der Waals surface area contributed by atoms with E-state index in [2.05, 4.69) is 5.32 Å². The van der Waals surface area contributed by atoms with Crippen LogP contribution in [0.4, 0.5) is 0 Å². The van der Waals surface area contributed by atoms with Crippen LogP contribution in [0.1, 0.15) is 38.9 Å². The first-order valence-electron chi connectivity index (χ1n) is 6.14. The van der Waals surface area contributed by atoms with Crippen molar-refractivity contribution in [3.63, 3.8) is 0 Å². The van der Waals surface area contributed by atoms with Gasteiger partial charge in [0.1, 0.15) is 11.8 Å². The molecule has 2 N–H and O–H groups in total. The Labute approximate surface area is 102 Å². The summed E-state index contributed by atoms with van der Waals surface area (Å²) in [5.41, 5.74) is 0. The molecule has 96 valence electrons. The summed E-state index contributed by atoms with van der Waals surface area (Å²) in [6, 6.07) is 3.54. The van der Waals surface area contributed by atoms with E-state index < -0.39 is 12.0 Å². The fraction of sp³-hybridized carbons (Fsp3) is 0.615. The topological polar surface area (TPSA) is 62.5 Å². The van der Waals surface area contributed by atoms with Gasteiger partial charge in [-0.2, -0.15) is 0 Å². The van der Waals surface area contributed by atoms with E-state index in [0.717, 1.165) is 25.0 Å². The third kappa shape index (κ3) is 5.04. The molecule has 1 aromatic rings. The summed E-state index contributed by atoms with van der Waals surface area (Å²) in [5, 5.41) is 12.2. The molecule has 0 saturated heterocycles. The van der Waals surface area contributed by atoms with Gasteiger partial charge in [0.15, 0.2) is 0 Å². The average molecular weight is 239 g/mol. The van der Waals surface area contributed by atoms with E-state index in [-0.39, 0.29) is 6.04 Å². The number of aryl methyl sites for hydroxylation is 1. The Morgan fingerprint density at radius 2 is 2.29 bits per heavy atom. The minimum atomic E-state index is -0.767. The summed E-state index contributed by atoms with van der Waals surface area (Å²) >= 11 is 0. The molecule has 0 fully saturated rings. The standard InChI is InChI=1S/C13H21NO3/c1-3-5-12(13(15)16)14-10(2)7-8-11-6-4-9-17-11/h4,6,9-10,12,14H,3,5,7-8H2,1-2H3,(H,15,16). The molecule has 17 heavy (non-hydrogen) atoms. The first kappa shape index (κ1) is 13.8. The smallest absolute Gasteiger partial charge is 0.320 e. The number of carbonyl (C=O) groups is 1. The Bertz CT molecular complexity index is 321. The number of nitrogens with one attached hydrogen (secondary N) is 1. The molecule has 0 bridgehead atoms. The first-order valence-corrected chi connectivity index (χ1v) is 6.14. The van der Waals surface area contributed by atoms with Gasteiger partial charge in [-0.05, 0) is 31.9 Å². The molecule has 4 heteroatoms. The number of hydrogen-bond acceptors (Lipinski definition) is 3. The fourth-order valence-corrected chi connectivity index (χ4v) is 1.81. The fourth-order valence-electron chi connectivity index (χ4n) is 1.81. The average Bonchev–Trinajstić information content (AvgIpc) is 2.78. The maximum Gasteiger partial charge on any atom is 0.320 e. The van der Waals surface area contributed by atoms with Gasteiger partial charge in [0.05, 0.1) is 6.26 Å². The third-order valence-corrected chi connectivity index (χ3v) is 2.76. The van der Waals surface area contributed by atoms with Gasteiger partial charge < -0.3 is 14.8 Å². The van der Waals surface area contributed by atoms with Gasteiger partial charge in [-0.25, -0.2) is 0 Å². The van der Waals surface area contributed by atoms with Crippen LogP contribution in [0.3, 0.4) is 0 Å². The first-order chi connectivity index (χ1) is 8.13. The molecule has 0 aliphatic heterocycles. The van der Waals surface area contributed by atoms with Crippen LogP contribution in [0.25, 0.3) is 0 Å². The molecule has 1 aromatic heterocycles. The lowest BCUT2D eigenvalue weighted by atomic mass is 10.1. The van der Waals surface area contributed by atoms with Gasteiger partial charge in [0.25, 0.3) is 0 Å². The Balaban J connectivity index is 2.31. The van der Waals surface area contributed by atoms with Crippen LogP contribution in [0.5, 0.6) is 0 Å². The summed E-state index contributed by atoms with van der Waals surface area (Å²) in [5.74, 6) is 0.178. The van der Waals surface area contributed by atoms with Crippen molar-refractivity contribution in [2.24, 2.45) is 0 Å². The molecule has 1 heterocycles. The Morgan fingerprint density at radius 3 is 2.82 bits per heavy atom. The van der Waals surface area contributed by atoms with Crippen LogP contribution in [-0.4, -0.2) is 23.2 Å². The second kappa shape index (κ2) is 7.12. The maximum atomic E-state index is 11.0. The van der Waals surface area contributed by atoms with Gasteiger partial charge in [0, 0.05) is 12.5 Å². The number of carboxylic acid groups (broad SMARTS) is 1. The van der Waals surface area contributed by atoms with E-state index in [9.17, 15) is 4.79 Å². The second-order valence-corrected chi connectivity index (χ2v) is 4.37. The summed E-state index contributed by atoms with van der Waals surface area (Å²) in [4.78, 5) is 11.0. The third-order valence-electron chi connectivity index (χ3n) is 2.76. The molecule has 4 nitrogen and oxygen atoms in total. The van der Waals surface area contributed by atoms with Gasteiger partial charge in [0.2, 0.25) is 0 Å². The van der Waals surface area contributed by atoms with Crippen LogP contribution in [0, 0.1) is 0 Å². The summed E-state index contributed by atoms with van der Waals surface area (Å²) in [6.07, 6.45) is 4.90. The van der Waals surface area contributed by atoms with Crippen LogP contribution in [-0.2, 0) is 11.2 Å². The SMILES string of the molecule is CCCC(NC(C)CCc1ccco1)C(=O)O. The van der Waals surface area contributed by atoms with E-state index >= 15 is 0 Å². The molecule has 0 aromatic carbocycles. The van der Waals surface area contributed by atoms with Crippen molar-refractivity contribution in [1.29, 1.82) is 0 Å². The molecule has 1 rings (SSSR count). The van der Waals surface area contributed by atoms with Crippen molar-refractivity contribution in [3.05, 3.63) is 24.2 Å². The van der Waals surface area contributed by atoms with E-state index in [1.165, 1.54) is 0 Å². The molecule has 0 aliphatic rings. The lowest BCUT2D eigenvalue weighted by molar-refractivity contribution is -0.139. The highest BCUT2D eigenvalue weighted by molar-refractivity contribution is 5.73. The largest absolute Gasteiger partial charge is 0.480 e. The molecule has 0 radical (unpaired) electrons. The zero-order chi connectivity index (χ0) is 12.7. The summed E-state index contributed by atoms with van der Waals surface area (Å²) < 4.78 is 5.24. The lowest BCUT2D eigenvalue weighted by Crippen LogP contribution is -2.42. The van der Waals surface area contributed by atoms with Crippen molar-refractivity contribution in [2.45, 2.75) is 51.6 Å². The Morgan fingerprint density at radius 1 is 1.53 bits per heavy atom. The lowest BCUT2D eigenvalue weighted by Gasteiger charge is -2.19. The van der Waals surface area contributed by atoms with Crippen LogP contribution >= 0.6 is 0 Å². The summed E-state index contributed by atoms with van der Waals surface area (Å²) in [7, 11) is 0. The van der Waals surface area contributed by atoms with Crippen molar-refractivity contribution in [1.82, 2.24) is 5.32 Å². The predicted molar refractivity (Wildman–Crippen MR) is 66.0 cm³/mol. The quantitative estimate of drug-likeness (QED) is 0.731. The van der Waals surface area contributed by atoms with Gasteiger partial charge in [-0.15, -0.1) is 0 Å². The highest BCUT2D eigenvalue weighted by Gasteiger charge is 2.18. The zero-order valence-electron chi connectivity index (χ0n) is 10.5. The summed E-state index contributed by atoms with van der Waals surface area (Å²) in [6.45, 7) is 4.00. The molecule has 2 atom stereocenters. The van der Waals surface area contributed by atoms with Gasteiger partial charge in [-0.3, -0.25) is 4.79 Å². The molecular formula is C13H21NO3. The molecule has 0 aliphatic carbocycles. The van der Waals surface area contributed by atoms with Crippen molar-refractivity contribution >= 4 is 5.97 Å². The number of aliphatic carboxylic acids is 1. The highest BCUT2D eigenvalue weighted by atomic mass is 16.4. The van der Waals surface area contributed by atoms with Crippen molar-refractivity contribution < 1.29 is 14.3 Å². The number of hydrogen-bond donors (Lipinski definition) is 2.